The van der Waals surface area contributed by atoms with E-state index in [0.29, 0.717) is 36.8 Å². The van der Waals surface area contributed by atoms with Crippen molar-refractivity contribution in [2.45, 2.75) is 80.6 Å². The fourth-order valence-electron chi connectivity index (χ4n) is 8.16. The molecule has 0 spiro atoms. The highest BCUT2D eigenvalue weighted by molar-refractivity contribution is 6.23. The van der Waals surface area contributed by atoms with E-state index < -0.39 is 77.5 Å². The summed E-state index contributed by atoms with van der Waals surface area (Å²) in [6.45, 7) is 0. The highest BCUT2D eigenvalue weighted by atomic mass is 19.3. The van der Waals surface area contributed by atoms with Crippen LogP contribution in [-0.2, 0) is 14.4 Å². The van der Waals surface area contributed by atoms with Gasteiger partial charge in [-0.05, 0) is 62.8 Å². The number of amides is 7. The number of halogens is 4. The lowest BCUT2D eigenvalue weighted by Crippen LogP contribution is -2.50. The molecule has 312 valence electrons. The summed E-state index contributed by atoms with van der Waals surface area (Å²) in [5.41, 5.74) is 16.7. The number of benzene rings is 2. The lowest BCUT2D eigenvalue weighted by atomic mass is 10.1. The van der Waals surface area contributed by atoms with E-state index in [0.717, 1.165) is 14.7 Å². The smallest absolute Gasteiger partial charge is 0.273 e. The molecule has 7 N–H and O–H groups in total. The molecule has 2 aromatic carbocycles. The molecule has 58 heavy (non-hydrogen) atoms. The van der Waals surface area contributed by atoms with Crippen molar-refractivity contribution in [1.29, 1.82) is 11.1 Å². The molecule has 5 heterocycles. The van der Waals surface area contributed by atoms with Gasteiger partial charge < -0.3 is 26.3 Å². The van der Waals surface area contributed by atoms with Crippen molar-refractivity contribution in [3.63, 3.8) is 0 Å². The molecule has 4 unspecified atom stereocenters. The maximum absolute atomic E-state index is 13.6. The number of likely N-dealkylation sites (N-methyl/N-ethyl adjacent to an activating group) is 2. The van der Waals surface area contributed by atoms with E-state index in [1.54, 1.807) is 49.6 Å². The Morgan fingerprint density at radius 1 is 0.672 bits per heavy atom. The predicted molar refractivity (Wildman–Crippen MR) is 196 cm³/mol. The second kappa shape index (κ2) is 16.2. The molecule has 7 amide bonds. The zero-order valence-corrected chi connectivity index (χ0v) is 31.3. The van der Waals surface area contributed by atoms with Crippen LogP contribution in [-0.4, -0.2) is 123 Å². The number of nitrogens with one attached hydrogen (secondary N) is 3. The van der Waals surface area contributed by atoms with Crippen molar-refractivity contribution in [2.24, 2.45) is 17.6 Å². The lowest BCUT2D eigenvalue weighted by molar-refractivity contribution is -0.136. The number of carbonyl (C=O) groups is 7. The molecule has 0 radical (unpaired) electrons. The van der Waals surface area contributed by atoms with Gasteiger partial charge in [-0.25, -0.2) is 28.6 Å². The van der Waals surface area contributed by atoms with Crippen LogP contribution in [0.4, 0.5) is 17.6 Å². The van der Waals surface area contributed by atoms with E-state index in [1.165, 1.54) is 24.1 Å². The zero-order valence-electron chi connectivity index (χ0n) is 31.3. The lowest BCUT2D eigenvalue weighted by Gasteiger charge is -2.28. The summed E-state index contributed by atoms with van der Waals surface area (Å²) >= 11 is 0. The largest absolute Gasteiger partial charge is 0.412 e. The Hall–Kier alpha value is -5.89. The van der Waals surface area contributed by atoms with Crippen LogP contribution >= 0.6 is 0 Å². The molecule has 0 aromatic heterocycles. The van der Waals surface area contributed by atoms with Crippen LogP contribution in [0.15, 0.2) is 60.8 Å². The Kier molecular flexibility index (Phi) is 12.0. The Balaban J connectivity index is 0.000000196. The summed E-state index contributed by atoms with van der Waals surface area (Å²) in [5, 5.41) is 2.24. The third-order valence-electron chi connectivity index (χ3n) is 11.4. The predicted octanol–water partition coefficient (Wildman–Crippen LogP) is 2.83. The Labute approximate surface area is 330 Å². The molecule has 2 aliphatic carbocycles. The van der Waals surface area contributed by atoms with Crippen molar-refractivity contribution >= 4 is 41.4 Å². The minimum absolute atomic E-state index is 0. The van der Waals surface area contributed by atoms with Gasteiger partial charge in [0.25, 0.3) is 35.5 Å². The number of alkyl halides is 4. The molecule has 20 heteroatoms. The van der Waals surface area contributed by atoms with Crippen molar-refractivity contribution in [2.75, 3.05) is 14.1 Å². The average Bonchev–Trinajstić information content (AvgIpc) is 3.94. The Morgan fingerprint density at radius 3 is 1.60 bits per heavy atom. The first-order valence-corrected chi connectivity index (χ1v) is 18.2. The van der Waals surface area contributed by atoms with Crippen molar-refractivity contribution in [1.82, 2.24) is 24.9 Å². The van der Waals surface area contributed by atoms with Gasteiger partial charge in [-0.2, -0.15) is 0 Å². The van der Waals surface area contributed by atoms with Crippen LogP contribution in [0.25, 0.3) is 0 Å². The van der Waals surface area contributed by atoms with Gasteiger partial charge >= 0.3 is 0 Å². The van der Waals surface area contributed by atoms with Crippen LogP contribution in [0.1, 0.15) is 81.4 Å². The third-order valence-corrected chi connectivity index (χ3v) is 11.4. The van der Waals surface area contributed by atoms with Crippen LogP contribution in [0.5, 0.6) is 0 Å². The summed E-state index contributed by atoms with van der Waals surface area (Å²) in [4.78, 5) is 90.0. The van der Waals surface area contributed by atoms with Crippen LogP contribution < -0.4 is 11.1 Å². The van der Waals surface area contributed by atoms with Crippen LogP contribution in [0, 0.1) is 22.9 Å². The molecule has 7 atom stereocenters. The normalized spacial score (nSPS) is 29.5. The first kappa shape index (κ1) is 43.2. The van der Waals surface area contributed by atoms with E-state index in [4.69, 9.17) is 16.8 Å². The van der Waals surface area contributed by atoms with Gasteiger partial charge in [0, 0.05) is 21.7 Å². The molecular formula is C38H44F4N8O8. The Bertz CT molecular complexity index is 2010. The zero-order chi connectivity index (χ0) is 41.7. The third kappa shape index (κ3) is 7.25. The van der Waals surface area contributed by atoms with E-state index in [-0.39, 0.29) is 48.6 Å². The maximum Gasteiger partial charge on any atom is 0.273 e. The van der Waals surface area contributed by atoms with E-state index in [9.17, 15) is 51.1 Å². The summed E-state index contributed by atoms with van der Waals surface area (Å²) < 4.78 is 52.7. The fourth-order valence-corrected chi connectivity index (χ4v) is 8.16. The number of hydrogen-bond acceptors (Lipinski definition) is 10. The number of allylic oxidation sites excluding steroid dienone is 1. The molecule has 2 aromatic rings. The number of nitrogens with two attached hydrogens (primary N) is 1. The number of fused-ring (bicyclic) bond motifs is 4. The van der Waals surface area contributed by atoms with Gasteiger partial charge in [0.2, 0.25) is 17.7 Å². The molecule has 2 saturated heterocycles. The summed E-state index contributed by atoms with van der Waals surface area (Å²) in [5.74, 6) is -10.2. The standard InChI is InChI=1S/C16H14F2N2O3.C15H14N2O3.C7H10F2N2O.H2N2.H2O.H2/c1-19-12-10(16(12,17)18)6-7-11(15(19)23)20-13(21)8-4-2-3-5-9(8)14(20)22;1-16-9-5-4-8-12(15(16)20)17-13(18)10-6-2-3-7-11(10)14(17)19;8-7(9)3-1-2-4(10)6(12)11-5(3)7;1-2;;/h2-5,10-12H,6-7H2,1H3;2-3,5-7,9,12H,4,8H2,1H3;3-5H,1-2,10H2,(H,11,12);1-2H;1H2;1H/t10?,11-,12?;12-;3?,4-,5?;;;/m000.../s1. The summed E-state index contributed by atoms with van der Waals surface area (Å²) in [6.07, 6.45) is 5.58. The number of nitrogens with zero attached hydrogens (tertiary/aromatic N) is 4. The molecule has 16 nitrogen and oxygen atoms in total. The van der Waals surface area contributed by atoms with Gasteiger partial charge in [0.15, 0.2) is 0 Å². The van der Waals surface area contributed by atoms with Gasteiger partial charge in [-0.3, -0.25) is 43.4 Å². The monoisotopic (exact) mass is 816 g/mol. The fraction of sp³-hybridized carbons (Fsp3) is 0.447. The Morgan fingerprint density at radius 2 is 1.12 bits per heavy atom. The first-order valence-electron chi connectivity index (χ1n) is 18.2. The number of carbonyl (C=O) groups excluding carboxylic acids is 7. The number of imide groups is 2. The van der Waals surface area contributed by atoms with Crippen molar-refractivity contribution in [3.05, 3.63) is 83.1 Å². The first-order chi connectivity index (χ1) is 27.0. The molecule has 4 fully saturated rings. The quantitative estimate of drug-likeness (QED) is 0.199. The van der Waals surface area contributed by atoms with E-state index in [1.807, 2.05) is 6.08 Å². The molecule has 2 saturated carbocycles. The average molecular weight is 817 g/mol. The highest BCUT2D eigenvalue weighted by Crippen LogP contribution is 2.56. The summed E-state index contributed by atoms with van der Waals surface area (Å²) in [6, 6.07) is 8.65. The molecule has 7 aliphatic rings. The van der Waals surface area contributed by atoms with E-state index >= 15 is 0 Å². The number of likely N-dealkylation sites (tertiary alicyclic amines) is 1. The van der Waals surface area contributed by atoms with Crippen molar-refractivity contribution < 1.29 is 58.0 Å². The highest BCUT2D eigenvalue weighted by Gasteiger charge is 2.72. The minimum Gasteiger partial charge on any atom is -0.412 e. The molecule has 9 rings (SSSR count). The van der Waals surface area contributed by atoms with Crippen LogP contribution in [0.2, 0.25) is 0 Å². The molecule has 5 aliphatic heterocycles. The number of hydrogen-bond donors (Lipinski definition) is 4. The van der Waals surface area contributed by atoms with E-state index in [2.05, 4.69) is 5.32 Å². The minimum atomic E-state index is -2.86. The second-order valence-corrected chi connectivity index (χ2v) is 14.7. The van der Waals surface area contributed by atoms with Gasteiger partial charge in [-0.1, -0.05) is 30.3 Å². The second-order valence-electron chi connectivity index (χ2n) is 14.7. The SMILES string of the molecule is CN1C(=O)[C@@H](N2C(=O)c3ccccc3C2=O)CCC2C1C2(F)F.CN1C=CCC[C@H](N2C(=O)c3ccccc3C2=O)C1=O.N=N.N[C@H]1CCC2C(NC1=O)C2(F)F.O.[HH]. The van der Waals surface area contributed by atoms with Crippen LogP contribution in [0.3, 0.4) is 0 Å². The van der Waals surface area contributed by atoms with Gasteiger partial charge in [0.1, 0.15) is 24.2 Å². The maximum atomic E-state index is 13.6. The molecule has 0 bridgehead atoms. The van der Waals surface area contributed by atoms with Gasteiger partial charge in [0.05, 0.1) is 40.1 Å². The van der Waals surface area contributed by atoms with Crippen molar-refractivity contribution in [3.8, 4) is 0 Å². The number of rotatable bonds is 2. The molecular weight excluding hydrogens is 772 g/mol. The topological polar surface area (TPSA) is 250 Å². The summed E-state index contributed by atoms with van der Waals surface area (Å²) in [7, 11) is 2.95. The van der Waals surface area contributed by atoms with Gasteiger partial charge in [-0.15, -0.1) is 0 Å².